The lowest BCUT2D eigenvalue weighted by molar-refractivity contribution is 0.175. The molecule has 0 aliphatic carbocycles. The highest BCUT2D eigenvalue weighted by Crippen LogP contribution is 2.17. The van der Waals surface area contributed by atoms with Crippen LogP contribution in [0, 0.1) is 5.82 Å². The van der Waals surface area contributed by atoms with Crippen molar-refractivity contribution in [2.75, 3.05) is 6.54 Å². The Morgan fingerprint density at radius 1 is 1.39 bits per heavy atom. The Balaban J connectivity index is 1.83. The molecule has 96 valence electrons. The molecule has 0 radical (unpaired) electrons. The molecule has 2 nitrogen and oxygen atoms in total. The highest BCUT2D eigenvalue weighted by atomic mass is 35.5. The predicted octanol–water partition coefficient (Wildman–Crippen LogP) is 3.36. The summed E-state index contributed by atoms with van der Waals surface area (Å²) in [5, 5.41) is 16.9. The molecule has 1 atom stereocenters. The molecule has 0 saturated heterocycles. The van der Waals surface area contributed by atoms with Gasteiger partial charge in [-0.2, -0.15) is 11.3 Å². The first kappa shape index (κ1) is 13.5. The van der Waals surface area contributed by atoms with Gasteiger partial charge in [0.2, 0.25) is 0 Å². The van der Waals surface area contributed by atoms with Crippen LogP contribution in [0.3, 0.4) is 0 Å². The van der Waals surface area contributed by atoms with Crippen LogP contribution in [-0.2, 0) is 6.54 Å². The number of aliphatic hydroxyl groups excluding tert-OH is 1. The number of benzene rings is 1. The van der Waals surface area contributed by atoms with E-state index in [0.717, 1.165) is 11.1 Å². The van der Waals surface area contributed by atoms with Gasteiger partial charge < -0.3 is 10.4 Å². The minimum Gasteiger partial charge on any atom is -0.387 e. The van der Waals surface area contributed by atoms with Crippen molar-refractivity contribution in [1.82, 2.24) is 5.32 Å². The van der Waals surface area contributed by atoms with Crippen LogP contribution in [0.5, 0.6) is 0 Å². The predicted molar refractivity (Wildman–Crippen MR) is 72.4 cm³/mol. The molecule has 1 aromatic heterocycles. The van der Waals surface area contributed by atoms with Gasteiger partial charge in [-0.15, -0.1) is 0 Å². The SMILES string of the molecule is OC(CNCc1ccc(Cl)c(F)c1)c1ccsc1. The molecule has 5 heteroatoms. The maximum Gasteiger partial charge on any atom is 0.142 e. The zero-order valence-electron chi connectivity index (χ0n) is 9.57. The minimum atomic E-state index is -0.534. The van der Waals surface area contributed by atoms with E-state index in [0.29, 0.717) is 13.1 Å². The van der Waals surface area contributed by atoms with Gasteiger partial charge in [0.1, 0.15) is 5.82 Å². The third-order valence-electron chi connectivity index (χ3n) is 2.58. The van der Waals surface area contributed by atoms with E-state index in [9.17, 15) is 9.50 Å². The van der Waals surface area contributed by atoms with Crippen LogP contribution in [0.1, 0.15) is 17.2 Å². The third kappa shape index (κ3) is 3.53. The number of nitrogens with one attached hydrogen (secondary N) is 1. The van der Waals surface area contributed by atoms with Crippen LogP contribution in [-0.4, -0.2) is 11.7 Å². The Morgan fingerprint density at radius 2 is 2.22 bits per heavy atom. The summed E-state index contributed by atoms with van der Waals surface area (Å²) >= 11 is 7.15. The van der Waals surface area contributed by atoms with Gasteiger partial charge in [0, 0.05) is 13.1 Å². The van der Waals surface area contributed by atoms with Gasteiger partial charge >= 0.3 is 0 Å². The Labute approximate surface area is 114 Å². The van der Waals surface area contributed by atoms with Crippen LogP contribution in [0.15, 0.2) is 35.0 Å². The van der Waals surface area contributed by atoms with E-state index in [4.69, 9.17) is 11.6 Å². The molecule has 0 fully saturated rings. The van der Waals surface area contributed by atoms with Crippen LogP contribution < -0.4 is 5.32 Å². The largest absolute Gasteiger partial charge is 0.387 e. The van der Waals surface area contributed by atoms with Crippen molar-refractivity contribution in [3.63, 3.8) is 0 Å². The van der Waals surface area contributed by atoms with E-state index in [1.807, 2.05) is 16.8 Å². The average molecular weight is 286 g/mol. The summed E-state index contributed by atoms with van der Waals surface area (Å²) < 4.78 is 13.2. The molecule has 0 spiro atoms. The Morgan fingerprint density at radius 3 is 2.89 bits per heavy atom. The summed E-state index contributed by atoms with van der Waals surface area (Å²) in [5.41, 5.74) is 1.70. The third-order valence-corrected chi connectivity index (χ3v) is 3.59. The molecule has 1 heterocycles. The van der Waals surface area contributed by atoms with Crippen LogP contribution in [0.2, 0.25) is 5.02 Å². The molecule has 0 amide bonds. The molecule has 0 saturated carbocycles. The van der Waals surface area contributed by atoms with Gasteiger partial charge in [-0.25, -0.2) is 4.39 Å². The van der Waals surface area contributed by atoms with Crippen LogP contribution >= 0.6 is 22.9 Å². The molecule has 1 unspecified atom stereocenters. The van der Waals surface area contributed by atoms with Gasteiger partial charge in [0.05, 0.1) is 11.1 Å². The highest BCUT2D eigenvalue weighted by Gasteiger charge is 2.07. The van der Waals surface area contributed by atoms with E-state index in [1.165, 1.54) is 12.1 Å². The standard InChI is InChI=1S/C13H13ClFNOS/c14-11-2-1-9(5-12(11)15)6-16-7-13(17)10-3-4-18-8-10/h1-5,8,13,16-17H,6-7H2. The molecule has 2 N–H and O–H groups in total. The maximum atomic E-state index is 13.2. The fourth-order valence-electron chi connectivity index (χ4n) is 1.59. The number of halogens is 2. The van der Waals surface area contributed by atoms with Crippen LogP contribution in [0.4, 0.5) is 4.39 Å². The van der Waals surface area contributed by atoms with Gasteiger partial charge in [-0.1, -0.05) is 17.7 Å². The summed E-state index contributed by atoms with van der Waals surface area (Å²) in [6.45, 7) is 0.927. The molecular weight excluding hydrogens is 273 g/mol. The topological polar surface area (TPSA) is 32.3 Å². The molecule has 2 aromatic rings. The van der Waals surface area contributed by atoms with Crippen molar-refractivity contribution in [2.24, 2.45) is 0 Å². The smallest absolute Gasteiger partial charge is 0.142 e. The molecule has 1 aromatic carbocycles. The first-order valence-corrected chi connectivity index (χ1v) is 6.83. The lowest BCUT2D eigenvalue weighted by atomic mass is 10.2. The Hall–Kier alpha value is -0.940. The summed E-state index contributed by atoms with van der Waals surface area (Å²) in [4.78, 5) is 0. The molecular formula is C13H13ClFNOS. The van der Waals surface area contributed by atoms with Crippen molar-refractivity contribution < 1.29 is 9.50 Å². The van der Waals surface area contributed by atoms with Crippen molar-refractivity contribution in [3.05, 3.63) is 57.0 Å². The fourth-order valence-corrected chi connectivity index (χ4v) is 2.41. The quantitative estimate of drug-likeness (QED) is 0.883. The van der Waals surface area contributed by atoms with E-state index in [2.05, 4.69) is 5.32 Å². The second-order valence-electron chi connectivity index (χ2n) is 3.95. The lowest BCUT2D eigenvalue weighted by Gasteiger charge is -2.10. The van der Waals surface area contributed by atoms with Crippen LogP contribution in [0.25, 0.3) is 0 Å². The summed E-state index contributed by atoms with van der Waals surface area (Å²) in [5.74, 6) is -0.422. The summed E-state index contributed by atoms with van der Waals surface area (Å²) in [6, 6.07) is 6.57. The second kappa shape index (κ2) is 6.29. The first-order valence-electron chi connectivity index (χ1n) is 5.51. The normalized spacial score (nSPS) is 12.6. The fraction of sp³-hybridized carbons (Fsp3) is 0.231. The summed E-state index contributed by atoms with van der Waals surface area (Å²) in [6.07, 6.45) is -0.534. The highest BCUT2D eigenvalue weighted by molar-refractivity contribution is 7.07. The van der Waals surface area contributed by atoms with Crippen molar-refractivity contribution in [3.8, 4) is 0 Å². The van der Waals surface area contributed by atoms with E-state index < -0.39 is 11.9 Å². The maximum absolute atomic E-state index is 13.2. The van der Waals surface area contributed by atoms with E-state index in [1.54, 1.807) is 17.4 Å². The number of hydrogen-bond acceptors (Lipinski definition) is 3. The summed E-state index contributed by atoms with van der Waals surface area (Å²) in [7, 11) is 0. The second-order valence-corrected chi connectivity index (χ2v) is 5.14. The first-order chi connectivity index (χ1) is 8.66. The molecule has 0 bridgehead atoms. The van der Waals surface area contributed by atoms with Gasteiger partial charge in [0.25, 0.3) is 0 Å². The molecule has 0 aliphatic heterocycles. The van der Waals surface area contributed by atoms with Crippen molar-refractivity contribution in [2.45, 2.75) is 12.6 Å². The monoisotopic (exact) mass is 285 g/mol. The Bertz CT molecular complexity index is 504. The number of rotatable bonds is 5. The molecule has 2 rings (SSSR count). The Kier molecular flexibility index (Phi) is 4.72. The number of hydrogen-bond donors (Lipinski definition) is 2. The van der Waals surface area contributed by atoms with Crippen molar-refractivity contribution in [1.29, 1.82) is 0 Å². The van der Waals surface area contributed by atoms with Gasteiger partial charge in [0.15, 0.2) is 0 Å². The lowest BCUT2D eigenvalue weighted by Crippen LogP contribution is -2.20. The van der Waals surface area contributed by atoms with E-state index in [-0.39, 0.29) is 5.02 Å². The molecule has 0 aliphatic rings. The number of thiophene rings is 1. The van der Waals surface area contributed by atoms with Crippen molar-refractivity contribution >= 4 is 22.9 Å². The zero-order chi connectivity index (χ0) is 13.0. The average Bonchev–Trinajstić information content (AvgIpc) is 2.87. The van der Waals surface area contributed by atoms with Gasteiger partial charge in [-0.3, -0.25) is 0 Å². The zero-order valence-corrected chi connectivity index (χ0v) is 11.1. The minimum absolute atomic E-state index is 0.122. The number of aliphatic hydroxyl groups is 1. The van der Waals surface area contributed by atoms with Gasteiger partial charge in [-0.05, 0) is 40.1 Å². The molecule has 18 heavy (non-hydrogen) atoms. The van der Waals surface area contributed by atoms with E-state index >= 15 is 0 Å².